The van der Waals surface area contributed by atoms with Gasteiger partial charge in [-0.3, -0.25) is 0 Å². The van der Waals surface area contributed by atoms with Gasteiger partial charge in [-0.15, -0.1) is 0 Å². The summed E-state index contributed by atoms with van der Waals surface area (Å²) in [7, 11) is 0. The Labute approximate surface area is 115 Å². The van der Waals surface area contributed by atoms with Gasteiger partial charge in [0, 0.05) is 5.41 Å². The van der Waals surface area contributed by atoms with Gasteiger partial charge in [-0.2, -0.15) is 0 Å². The highest BCUT2D eigenvalue weighted by Crippen LogP contribution is 2.59. The van der Waals surface area contributed by atoms with Gasteiger partial charge in [-0.25, -0.2) is 0 Å². The van der Waals surface area contributed by atoms with E-state index in [-0.39, 0.29) is 0 Å². The molecule has 0 nitrogen and oxygen atoms in total. The summed E-state index contributed by atoms with van der Waals surface area (Å²) < 4.78 is 0. The largest absolute Gasteiger partial charge is 0.0622 e. The molecule has 0 heteroatoms. The van der Waals surface area contributed by atoms with E-state index in [1.165, 1.54) is 36.8 Å². The summed E-state index contributed by atoms with van der Waals surface area (Å²) in [5.41, 5.74) is 3.37. The van der Waals surface area contributed by atoms with Crippen LogP contribution in [0.25, 0.3) is 0 Å². The fraction of sp³-hybridized carbons (Fsp3) is 0.368. The molecule has 2 aliphatic rings. The van der Waals surface area contributed by atoms with Crippen molar-refractivity contribution < 1.29 is 0 Å². The van der Waals surface area contributed by atoms with Crippen LogP contribution in [0.15, 0.2) is 60.7 Å². The van der Waals surface area contributed by atoms with Crippen LogP contribution in [0.5, 0.6) is 0 Å². The van der Waals surface area contributed by atoms with Gasteiger partial charge >= 0.3 is 0 Å². The Kier molecular flexibility index (Phi) is 2.51. The first kappa shape index (κ1) is 11.3. The van der Waals surface area contributed by atoms with Crippen molar-refractivity contribution in [1.29, 1.82) is 0 Å². The van der Waals surface area contributed by atoms with E-state index >= 15 is 0 Å². The molecule has 2 saturated carbocycles. The summed E-state index contributed by atoms with van der Waals surface area (Å²) >= 11 is 0. The van der Waals surface area contributed by atoms with Crippen LogP contribution in [-0.4, -0.2) is 0 Å². The van der Waals surface area contributed by atoms with Crippen molar-refractivity contribution in [3.63, 3.8) is 0 Å². The number of benzene rings is 2. The van der Waals surface area contributed by atoms with Crippen LogP contribution in [0.1, 0.15) is 36.8 Å². The Balaban J connectivity index is 1.90. The Morgan fingerprint density at radius 2 is 1.32 bits per heavy atom. The predicted octanol–water partition coefficient (Wildman–Crippen LogP) is 4.79. The van der Waals surface area contributed by atoms with Gasteiger partial charge in [0.25, 0.3) is 0 Å². The maximum absolute atomic E-state index is 2.34. The van der Waals surface area contributed by atoms with Crippen molar-refractivity contribution in [3.05, 3.63) is 71.8 Å². The van der Waals surface area contributed by atoms with Gasteiger partial charge in [0.2, 0.25) is 0 Å². The van der Waals surface area contributed by atoms with Crippen molar-refractivity contribution in [2.45, 2.75) is 31.1 Å². The lowest BCUT2D eigenvalue weighted by atomic mass is 9.64. The van der Waals surface area contributed by atoms with Crippen molar-refractivity contribution in [2.75, 3.05) is 0 Å². The molecular formula is C19H20. The first-order valence-electron chi connectivity index (χ1n) is 7.50. The highest BCUT2D eigenvalue weighted by atomic mass is 14.6. The predicted molar refractivity (Wildman–Crippen MR) is 79.1 cm³/mol. The monoisotopic (exact) mass is 248 g/mol. The smallest absolute Gasteiger partial charge is 0.0233 e. The Hall–Kier alpha value is -1.56. The van der Waals surface area contributed by atoms with Crippen LogP contribution in [-0.2, 0) is 5.41 Å². The molecule has 0 radical (unpaired) electrons. The molecule has 2 aromatic carbocycles. The summed E-state index contributed by atoms with van der Waals surface area (Å²) in [4.78, 5) is 0. The summed E-state index contributed by atoms with van der Waals surface area (Å²) in [5.74, 6) is 1.80. The van der Waals surface area contributed by atoms with E-state index in [1.807, 2.05) is 0 Å². The third kappa shape index (κ3) is 1.59. The van der Waals surface area contributed by atoms with E-state index in [9.17, 15) is 0 Å². The molecule has 2 bridgehead atoms. The van der Waals surface area contributed by atoms with E-state index in [2.05, 4.69) is 60.7 Å². The number of hydrogen-bond donors (Lipinski definition) is 0. The highest BCUT2D eigenvalue weighted by molar-refractivity contribution is 5.42. The molecule has 0 spiro atoms. The van der Waals surface area contributed by atoms with E-state index in [4.69, 9.17) is 0 Å². The standard InChI is InChI=1S/C19H20/c1-3-7-16(8-4-1)19(17-9-5-2-6-10-17)14-15-11-12-18(19)13-15/h1-10,15,18H,11-14H2. The van der Waals surface area contributed by atoms with Crippen molar-refractivity contribution in [2.24, 2.45) is 11.8 Å². The lowest BCUT2D eigenvalue weighted by Gasteiger charge is -2.39. The zero-order valence-electron chi connectivity index (χ0n) is 11.3. The quantitative estimate of drug-likeness (QED) is 0.716. The van der Waals surface area contributed by atoms with E-state index in [0.29, 0.717) is 5.41 Å². The summed E-state index contributed by atoms with van der Waals surface area (Å²) in [5, 5.41) is 0. The lowest BCUT2D eigenvalue weighted by Crippen LogP contribution is -2.33. The molecule has 19 heavy (non-hydrogen) atoms. The first-order chi connectivity index (χ1) is 9.39. The minimum absolute atomic E-state index is 0.297. The average Bonchev–Trinajstić information content (AvgIpc) is 3.10. The van der Waals surface area contributed by atoms with Crippen molar-refractivity contribution in [1.82, 2.24) is 0 Å². The fourth-order valence-corrected chi connectivity index (χ4v) is 4.67. The minimum atomic E-state index is 0.297. The summed E-state index contributed by atoms with van der Waals surface area (Å²) in [6, 6.07) is 22.4. The Morgan fingerprint density at radius 3 is 1.74 bits per heavy atom. The number of fused-ring (bicyclic) bond motifs is 2. The molecular weight excluding hydrogens is 228 g/mol. The normalized spacial score (nSPS) is 27.6. The van der Waals surface area contributed by atoms with Gasteiger partial charge in [-0.1, -0.05) is 67.1 Å². The van der Waals surface area contributed by atoms with Crippen LogP contribution >= 0.6 is 0 Å². The summed E-state index contributed by atoms with van der Waals surface area (Å²) in [6.07, 6.45) is 5.65. The second kappa shape index (κ2) is 4.23. The third-order valence-corrected chi connectivity index (χ3v) is 5.43. The van der Waals surface area contributed by atoms with Gasteiger partial charge in [0.15, 0.2) is 0 Å². The topological polar surface area (TPSA) is 0 Å². The maximum Gasteiger partial charge on any atom is 0.0233 e. The zero-order chi connectivity index (χ0) is 12.7. The molecule has 0 amide bonds. The van der Waals surface area contributed by atoms with Gasteiger partial charge < -0.3 is 0 Å². The Morgan fingerprint density at radius 1 is 0.737 bits per heavy atom. The van der Waals surface area contributed by atoms with Crippen molar-refractivity contribution in [3.8, 4) is 0 Å². The second-order valence-corrected chi connectivity index (χ2v) is 6.28. The average molecular weight is 248 g/mol. The van der Waals surface area contributed by atoms with Crippen molar-refractivity contribution >= 4 is 0 Å². The number of hydrogen-bond acceptors (Lipinski definition) is 0. The molecule has 2 atom stereocenters. The highest BCUT2D eigenvalue weighted by Gasteiger charge is 2.52. The first-order valence-corrected chi connectivity index (χ1v) is 7.50. The molecule has 0 aromatic heterocycles. The fourth-order valence-electron chi connectivity index (χ4n) is 4.67. The molecule has 2 unspecified atom stereocenters. The molecule has 2 fully saturated rings. The molecule has 4 rings (SSSR count). The van der Waals surface area contributed by atoms with Gasteiger partial charge in [0.05, 0.1) is 0 Å². The molecule has 2 aromatic rings. The van der Waals surface area contributed by atoms with Crippen LogP contribution < -0.4 is 0 Å². The number of rotatable bonds is 2. The minimum Gasteiger partial charge on any atom is -0.0622 e. The van der Waals surface area contributed by atoms with E-state index < -0.39 is 0 Å². The van der Waals surface area contributed by atoms with Crippen LogP contribution in [0.4, 0.5) is 0 Å². The molecule has 0 aliphatic heterocycles. The van der Waals surface area contributed by atoms with Gasteiger partial charge in [-0.05, 0) is 42.2 Å². The Bertz CT molecular complexity index is 516. The third-order valence-electron chi connectivity index (χ3n) is 5.43. The molecule has 0 saturated heterocycles. The molecule has 2 aliphatic carbocycles. The van der Waals surface area contributed by atoms with Crippen LogP contribution in [0.3, 0.4) is 0 Å². The SMILES string of the molecule is c1ccc(C2(c3ccccc3)CC3CCC2C3)cc1. The van der Waals surface area contributed by atoms with Gasteiger partial charge in [0.1, 0.15) is 0 Å². The molecule has 0 heterocycles. The summed E-state index contributed by atoms with van der Waals surface area (Å²) in [6.45, 7) is 0. The molecule has 96 valence electrons. The van der Waals surface area contributed by atoms with Crippen LogP contribution in [0, 0.1) is 11.8 Å². The van der Waals surface area contributed by atoms with E-state index in [1.54, 1.807) is 0 Å². The van der Waals surface area contributed by atoms with Crippen LogP contribution in [0.2, 0.25) is 0 Å². The lowest BCUT2D eigenvalue weighted by molar-refractivity contribution is 0.320. The molecule has 0 N–H and O–H groups in total. The zero-order valence-corrected chi connectivity index (χ0v) is 11.3. The van der Waals surface area contributed by atoms with E-state index in [0.717, 1.165) is 11.8 Å². The second-order valence-electron chi connectivity index (χ2n) is 6.28. The maximum atomic E-state index is 2.34.